The number of rotatable bonds is 5. The number of thiophene rings is 1. The van der Waals surface area contributed by atoms with Crippen molar-refractivity contribution in [1.82, 2.24) is 0 Å². The van der Waals surface area contributed by atoms with Crippen molar-refractivity contribution in [2.45, 2.75) is 6.10 Å². The zero-order valence-corrected chi connectivity index (χ0v) is 16.1. The zero-order valence-electron chi connectivity index (χ0n) is 10.5. The second kappa shape index (κ2) is 7.26. The normalized spacial score (nSPS) is 12.2. The maximum absolute atomic E-state index is 6.01. The van der Waals surface area contributed by atoms with E-state index in [1.54, 1.807) is 18.4 Å². The summed E-state index contributed by atoms with van der Waals surface area (Å²) in [4.78, 5) is 1.08. The fourth-order valence-electron chi connectivity index (χ4n) is 1.63. The quantitative estimate of drug-likeness (QED) is 0.639. The molecule has 0 aliphatic heterocycles. The zero-order chi connectivity index (χ0) is 14.7. The molecule has 0 spiro atoms. The first-order valence-corrected chi connectivity index (χ1v) is 8.94. The van der Waals surface area contributed by atoms with Crippen LogP contribution in [0.2, 0.25) is 0 Å². The minimum absolute atomic E-state index is 0.178. The van der Waals surface area contributed by atoms with Crippen LogP contribution < -0.4 is 15.2 Å². The molecule has 0 fully saturated rings. The van der Waals surface area contributed by atoms with Gasteiger partial charge in [0.1, 0.15) is 17.6 Å². The highest BCUT2D eigenvalue weighted by Gasteiger charge is 2.17. The first-order valence-electron chi connectivity index (χ1n) is 5.68. The van der Waals surface area contributed by atoms with E-state index in [4.69, 9.17) is 15.2 Å². The highest BCUT2D eigenvalue weighted by Crippen LogP contribution is 2.38. The monoisotopic (exact) mass is 483 g/mol. The summed E-state index contributed by atoms with van der Waals surface area (Å²) in [5.41, 5.74) is 5.82. The maximum atomic E-state index is 6.01. The van der Waals surface area contributed by atoms with E-state index in [1.807, 2.05) is 23.6 Å². The summed E-state index contributed by atoms with van der Waals surface area (Å²) in [5, 5.41) is 2.01. The van der Waals surface area contributed by atoms with Gasteiger partial charge in [0.15, 0.2) is 0 Å². The van der Waals surface area contributed by atoms with Gasteiger partial charge in [-0.1, -0.05) is 0 Å². The van der Waals surface area contributed by atoms with E-state index in [1.165, 1.54) is 0 Å². The van der Waals surface area contributed by atoms with Crippen LogP contribution in [0.4, 0.5) is 0 Å². The van der Waals surface area contributed by atoms with Gasteiger partial charge >= 0.3 is 0 Å². The lowest BCUT2D eigenvalue weighted by Gasteiger charge is -2.18. The SMILES string of the molecule is COc1cc(Br)c(OC(CN)c2cc(Br)cs2)cc1Br. The first kappa shape index (κ1) is 16.3. The van der Waals surface area contributed by atoms with E-state index < -0.39 is 0 Å². The molecular weight excluding hydrogens is 474 g/mol. The van der Waals surface area contributed by atoms with E-state index in [9.17, 15) is 0 Å². The number of nitrogens with two attached hydrogens (primary N) is 1. The van der Waals surface area contributed by atoms with Crippen molar-refractivity contribution in [2.75, 3.05) is 13.7 Å². The standard InChI is InChI=1S/C13H12Br3NO2S/c1-18-10-3-9(16)11(4-8(10)15)19-12(5-17)13-2-7(14)6-20-13/h2-4,6,12H,5,17H2,1H3. The molecule has 7 heteroatoms. The third-order valence-electron chi connectivity index (χ3n) is 2.59. The van der Waals surface area contributed by atoms with Crippen LogP contribution in [-0.2, 0) is 0 Å². The number of hydrogen-bond donors (Lipinski definition) is 1. The van der Waals surface area contributed by atoms with Crippen molar-refractivity contribution < 1.29 is 9.47 Å². The van der Waals surface area contributed by atoms with E-state index in [-0.39, 0.29) is 6.10 Å². The molecular formula is C13H12Br3NO2S. The molecule has 2 N–H and O–H groups in total. The third-order valence-corrected chi connectivity index (χ3v) is 5.62. The Balaban J connectivity index is 2.26. The minimum Gasteiger partial charge on any atom is -0.496 e. The van der Waals surface area contributed by atoms with Gasteiger partial charge in [0.2, 0.25) is 0 Å². The van der Waals surface area contributed by atoms with Crippen LogP contribution in [0.5, 0.6) is 11.5 Å². The lowest BCUT2D eigenvalue weighted by molar-refractivity contribution is 0.216. The lowest BCUT2D eigenvalue weighted by Crippen LogP contribution is -2.17. The van der Waals surface area contributed by atoms with E-state index in [2.05, 4.69) is 47.8 Å². The van der Waals surface area contributed by atoms with Crippen LogP contribution in [0.1, 0.15) is 11.0 Å². The number of benzene rings is 1. The van der Waals surface area contributed by atoms with Crippen LogP contribution in [0.3, 0.4) is 0 Å². The molecule has 3 nitrogen and oxygen atoms in total. The first-order chi connectivity index (χ1) is 9.55. The molecule has 0 aliphatic carbocycles. The van der Waals surface area contributed by atoms with Crippen LogP contribution in [-0.4, -0.2) is 13.7 Å². The smallest absolute Gasteiger partial charge is 0.145 e. The van der Waals surface area contributed by atoms with E-state index in [0.29, 0.717) is 6.54 Å². The van der Waals surface area contributed by atoms with Crippen molar-refractivity contribution in [2.24, 2.45) is 5.73 Å². The molecule has 1 atom stereocenters. The molecule has 0 bridgehead atoms. The molecule has 2 rings (SSSR count). The molecule has 1 unspecified atom stereocenters. The molecule has 0 radical (unpaired) electrons. The summed E-state index contributed by atoms with van der Waals surface area (Å²) in [7, 11) is 1.62. The molecule has 0 saturated carbocycles. The predicted molar refractivity (Wildman–Crippen MR) is 92.8 cm³/mol. The third kappa shape index (κ3) is 3.76. The van der Waals surface area contributed by atoms with Crippen molar-refractivity contribution in [3.05, 3.63) is 41.9 Å². The van der Waals surface area contributed by atoms with Gasteiger partial charge in [0.25, 0.3) is 0 Å². The van der Waals surface area contributed by atoms with Crippen molar-refractivity contribution in [1.29, 1.82) is 0 Å². The van der Waals surface area contributed by atoms with E-state index in [0.717, 1.165) is 29.8 Å². The fraction of sp³-hybridized carbons (Fsp3) is 0.231. The Hall–Kier alpha value is -0.0800. The Morgan fingerprint density at radius 1 is 1.15 bits per heavy atom. The number of ether oxygens (including phenoxy) is 2. The van der Waals surface area contributed by atoms with Gasteiger partial charge in [-0.3, -0.25) is 0 Å². The Morgan fingerprint density at radius 2 is 1.80 bits per heavy atom. The summed E-state index contributed by atoms with van der Waals surface area (Å²) in [6.07, 6.45) is -0.178. The minimum atomic E-state index is -0.178. The highest BCUT2D eigenvalue weighted by molar-refractivity contribution is 9.11. The van der Waals surface area contributed by atoms with Gasteiger partial charge in [-0.2, -0.15) is 0 Å². The Kier molecular flexibility index (Phi) is 5.92. The molecule has 0 saturated heterocycles. The largest absolute Gasteiger partial charge is 0.496 e. The Labute approximate surface area is 146 Å². The summed E-state index contributed by atoms with van der Waals surface area (Å²) in [6.45, 7) is 0.406. The molecule has 1 heterocycles. The fourth-order valence-corrected chi connectivity index (χ4v) is 4.02. The van der Waals surface area contributed by atoms with Gasteiger partial charge in [-0.05, 0) is 66.0 Å². The second-order valence-electron chi connectivity index (χ2n) is 3.93. The van der Waals surface area contributed by atoms with Crippen molar-refractivity contribution in [3.8, 4) is 11.5 Å². The van der Waals surface area contributed by atoms with E-state index >= 15 is 0 Å². The number of halogens is 3. The average Bonchev–Trinajstić information content (AvgIpc) is 2.85. The maximum Gasteiger partial charge on any atom is 0.145 e. The van der Waals surface area contributed by atoms with Gasteiger partial charge < -0.3 is 15.2 Å². The van der Waals surface area contributed by atoms with Crippen LogP contribution in [0.25, 0.3) is 0 Å². The summed E-state index contributed by atoms with van der Waals surface area (Å²) < 4.78 is 13.9. The van der Waals surface area contributed by atoms with Crippen LogP contribution >= 0.6 is 59.1 Å². The average molecular weight is 486 g/mol. The van der Waals surface area contributed by atoms with Gasteiger partial charge in [0, 0.05) is 21.3 Å². The van der Waals surface area contributed by atoms with Gasteiger partial charge in [0.05, 0.1) is 16.1 Å². The number of hydrogen-bond acceptors (Lipinski definition) is 4. The van der Waals surface area contributed by atoms with Gasteiger partial charge in [-0.15, -0.1) is 11.3 Å². The van der Waals surface area contributed by atoms with Crippen molar-refractivity contribution >= 4 is 59.1 Å². The summed E-state index contributed by atoms with van der Waals surface area (Å²) in [6, 6.07) is 5.75. The molecule has 1 aromatic carbocycles. The van der Waals surface area contributed by atoms with Gasteiger partial charge in [-0.25, -0.2) is 0 Å². The summed E-state index contributed by atoms with van der Waals surface area (Å²) >= 11 is 12.0. The van der Waals surface area contributed by atoms with Crippen molar-refractivity contribution in [3.63, 3.8) is 0 Å². The second-order valence-corrected chi connectivity index (χ2v) is 7.49. The molecule has 0 amide bonds. The van der Waals surface area contributed by atoms with Crippen LogP contribution in [0.15, 0.2) is 37.0 Å². The Bertz CT molecular complexity index is 603. The molecule has 2 aromatic rings. The Morgan fingerprint density at radius 3 is 2.35 bits per heavy atom. The molecule has 20 heavy (non-hydrogen) atoms. The molecule has 108 valence electrons. The molecule has 0 aliphatic rings. The molecule has 1 aromatic heterocycles. The summed E-state index contributed by atoms with van der Waals surface area (Å²) in [5.74, 6) is 1.46. The predicted octanol–water partition coefficient (Wildman–Crippen LogP) is 5.12. The topological polar surface area (TPSA) is 44.5 Å². The number of methoxy groups -OCH3 is 1. The van der Waals surface area contributed by atoms with Crippen LogP contribution in [0, 0.1) is 0 Å². The highest BCUT2D eigenvalue weighted by atomic mass is 79.9. The lowest BCUT2D eigenvalue weighted by atomic mass is 10.2.